The Morgan fingerprint density at radius 1 is 1.22 bits per heavy atom. The number of hydrogen-bond donors (Lipinski definition) is 2. The van der Waals surface area contributed by atoms with Gasteiger partial charge in [0.2, 0.25) is 10.0 Å². The SMILES string of the molecule is CC(=O)c1ccc(N(CCNC(=O)NC2CC2)S(C)(=O)=O)cc1. The van der Waals surface area contributed by atoms with E-state index in [4.69, 9.17) is 0 Å². The molecule has 1 aromatic carbocycles. The van der Waals surface area contributed by atoms with E-state index in [0.717, 1.165) is 19.1 Å². The highest BCUT2D eigenvalue weighted by Gasteiger charge is 2.23. The number of carbonyl (C=O) groups excluding carboxylic acids is 2. The van der Waals surface area contributed by atoms with Gasteiger partial charge < -0.3 is 10.6 Å². The Labute approximate surface area is 136 Å². The van der Waals surface area contributed by atoms with Crippen molar-refractivity contribution in [3.8, 4) is 0 Å². The fourth-order valence-corrected chi connectivity index (χ4v) is 3.01. The van der Waals surface area contributed by atoms with Crippen molar-refractivity contribution in [3.05, 3.63) is 29.8 Å². The molecule has 1 aliphatic carbocycles. The number of nitrogens with one attached hydrogen (secondary N) is 2. The number of urea groups is 1. The van der Waals surface area contributed by atoms with Gasteiger partial charge in [0.1, 0.15) is 0 Å². The molecule has 8 heteroatoms. The number of Topliss-reactive ketones (excluding diaryl/α,β-unsaturated/α-hetero) is 1. The van der Waals surface area contributed by atoms with E-state index in [1.54, 1.807) is 24.3 Å². The molecule has 0 aromatic heterocycles. The first-order chi connectivity index (χ1) is 10.8. The van der Waals surface area contributed by atoms with Gasteiger partial charge in [-0.05, 0) is 44.0 Å². The third kappa shape index (κ3) is 5.24. The van der Waals surface area contributed by atoms with Crippen LogP contribution in [0.1, 0.15) is 30.1 Å². The van der Waals surface area contributed by atoms with Crippen molar-refractivity contribution in [1.29, 1.82) is 0 Å². The van der Waals surface area contributed by atoms with Crippen LogP contribution in [0.2, 0.25) is 0 Å². The van der Waals surface area contributed by atoms with Crippen LogP contribution in [-0.2, 0) is 10.0 Å². The number of sulfonamides is 1. The lowest BCUT2D eigenvalue weighted by molar-refractivity contribution is 0.101. The minimum atomic E-state index is -3.48. The number of anilines is 1. The van der Waals surface area contributed by atoms with Gasteiger partial charge in [-0.1, -0.05) is 0 Å². The van der Waals surface area contributed by atoms with Crippen LogP contribution in [0.4, 0.5) is 10.5 Å². The monoisotopic (exact) mass is 339 g/mol. The summed E-state index contributed by atoms with van der Waals surface area (Å²) in [5, 5.41) is 5.42. The summed E-state index contributed by atoms with van der Waals surface area (Å²) in [6, 6.07) is 6.31. The van der Waals surface area contributed by atoms with E-state index in [1.807, 2.05) is 0 Å². The molecule has 126 valence electrons. The van der Waals surface area contributed by atoms with Crippen molar-refractivity contribution < 1.29 is 18.0 Å². The topological polar surface area (TPSA) is 95.6 Å². The molecule has 2 amide bonds. The number of ketones is 1. The van der Waals surface area contributed by atoms with Gasteiger partial charge >= 0.3 is 6.03 Å². The van der Waals surface area contributed by atoms with Crippen LogP contribution >= 0.6 is 0 Å². The minimum Gasteiger partial charge on any atom is -0.336 e. The van der Waals surface area contributed by atoms with Gasteiger partial charge in [-0.2, -0.15) is 0 Å². The summed E-state index contributed by atoms with van der Waals surface area (Å²) in [4.78, 5) is 22.8. The van der Waals surface area contributed by atoms with E-state index in [2.05, 4.69) is 10.6 Å². The smallest absolute Gasteiger partial charge is 0.315 e. The minimum absolute atomic E-state index is 0.0825. The van der Waals surface area contributed by atoms with Crippen molar-refractivity contribution in [2.45, 2.75) is 25.8 Å². The van der Waals surface area contributed by atoms with Crippen LogP contribution in [-0.4, -0.2) is 45.6 Å². The molecule has 1 aliphatic rings. The van der Waals surface area contributed by atoms with Gasteiger partial charge in [-0.25, -0.2) is 13.2 Å². The fraction of sp³-hybridized carbons (Fsp3) is 0.467. The first-order valence-electron chi connectivity index (χ1n) is 7.40. The van der Waals surface area contributed by atoms with Crippen molar-refractivity contribution in [1.82, 2.24) is 10.6 Å². The second-order valence-corrected chi connectivity index (χ2v) is 7.52. The number of nitrogens with zero attached hydrogens (tertiary/aromatic N) is 1. The molecule has 2 N–H and O–H groups in total. The molecule has 1 aromatic rings. The number of hydrogen-bond acceptors (Lipinski definition) is 4. The second-order valence-electron chi connectivity index (χ2n) is 5.61. The molecular weight excluding hydrogens is 318 g/mol. The maximum absolute atomic E-state index is 11.9. The average molecular weight is 339 g/mol. The zero-order valence-electron chi connectivity index (χ0n) is 13.2. The van der Waals surface area contributed by atoms with Gasteiger partial charge in [0.15, 0.2) is 5.78 Å². The molecule has 0 heterocycles. The Hall–Kier alpha value is -2.09. The van der Waals surface area contributed by atoms with E-state index < -0.39 is 10.0 Å². The molecular formula is C15H21N3O4S. The quantitative estimate of drug-likeness (QED) is 0.728. The van der Waals surface area contributed by atoms with Crippen LogP contribution in [0, 0.1) is 0 Å². The molecule has 0 bridgehead atoms. The first kappa shape index (κ1) is 17.3. The second kappa shape index (κ2) is 6.99. The van der Waals surface area contributed by atoms with Crippen LogP contribution in [0.3, 0.4) is 0 Å². The van der Waals surface area contributed by atoms with Crippen LogP contribution in [0.25, 0.3) is 0 Å². The highest BCUT2D eigenvalue weighted by molar-refractivity contribution is 7.92. The number of amides is 2. The Morgan fingerprint density at radius 3 is 2.30 bits per heavy atom. The van der Waals surface area contributed by atoms with Crippen LogP contribution in [0.15, 0.2) is 24.3 Å². The van der Waals surface area contributed by atoms with Crippen molar-refractivity contribution >= 4 is 27.5 Å². The Balaban J connectivity index is 1.99. The molecule has 7 nitrogen and oxygen atoms in total. The van der Waals surface area contributed by atoms with E-state index in [0.29, 0.717) is 11.3 Å². The predicted octanol–water partition coefficient (Wildman–Crippen LogP) is 1.12. The summed E-state index contributed by atoms with van der Waals surface area (Å²) in [6.45, 7) is 1.77. The molecule has 0 saturated heterocycles. The maximum atomic E-state index is 11.9. The normalized spacial score (nSPS) is 14.2. The molecule has 0 aliphatic heterocycles. The summed E-state index contributed by atoms with van der Waals surface area (Å²) >= 11 is 0. The average Bonchev–Trinajstić information content (AvgIpc) is 3.26. The van der Waals surface area contributed by atoms with E-state index in [9.17, 15) is 18.0 Å². The first-order valence-corrected chi connectivity index (χ1v) is 9.25. The molecule has 0 radical (unpaired) electrons. The lowest BCUT2D eigenvalue weighted by atomic mass is 10.1. The summed E-state index contributed by atoms with van der Waals surface area (Å²) in [7, 11) is -3.48. The highest BCUT2D eigenvalue weighted by Crippen LogP contribution is 2.19. The summed E-state index contributed by atoms with van der Waals surface area (Å²) < 4.78 is 25.1. The summed E-state index contributed by atoms with van der Waals surface area (Å²) in [5.74, 6) is -0.0825. The van der Waals surface area contributed by atoms with E-state index in [-0.39, 0.29) is 30.9 Å². The van der Waals surface area contributed by atoms with Crippen molar-refractivity contribution in [3.63, 3.8) is 0 Å². The molecule has 23 heavy (non-hydrogen) atoms. The molecule has 1 saturated carbocycles. The zero-order valence-corrected chi connectivity index (χ0v) is 14.0. The Bertz CT molecular complexity index is 681. The van der Waals surface area contributed by atoms with Crippen LogP contribution < -0.4 is 14.9 Å². The molecule has 0 spiro atoms. The number of carbonyl (C=O) groups is 2. The number of rotatable bonds is 7. The van der Waals surface area contributed by atoms with Gasteiger partial charge in [0.25, 0.3) is 0 Å². The van der Waals surface area contributed by atoms with Gasteiger partial charge in [-0.15, -0.1) is 0 Å². The molecule has 2 rings (SSSR count). The van der Waals surface area contributed by atoms with Gasteiger partial charge in [0, 0.05) is 18.2 Å². The van der Waals surface area contributed by atoms with Gasteiger partial charge in [-0.3, -0.25) is 9.10 Å². The van der Waals surface area contributed by atoms with Crippen molar-refractivity contribution in [2.24, 2.45) is 0 Å². The fourth-order valence-electron chi connectivity index (χ4n) is 2.08. The summed E-state index contributed by atoms with van der Waals surface area (Å²) in [6.07, 6.45) is 3.09. The zero-order chi connectivity index (χ0) is 17.0. The van der Waals surface area contributed by atoms with Crippen LogP contribution in [0.5, 0.6) is 0 Å². The van der Waals surface area contributed by atoms with E-state index >= 15 is 0 Å². The Kier molecular flexibility index (Phi) is 5.25. The molecule has 0 atom stereocenters. The van der Waals surface area contributed by atoms with E-state index in [1.165, 1.54) is 11.2 Å². The lowest BCUT2D eigenvalue weighted by Crippen LogP contribution is -2.42. The number of benzene rings is 1. The largest absolute Gasteiger partial charge is 0.336 e. The predicted molar refractivity (Wildman–Crippen MR) is 88.2 cm³/mol. The van der Waals surface area contributed by atoms with Crippen molar-refractivity contribution in [2.75, 3.05) is 23.7 Å². The third-order valence-corrected chi connectivity index (χ3v) is 4.67. The summed E-state index contributed by atoms with van der Waals surface area (Å²) in [5.41, 5.74) is 0.978. The standard InChI is InChI=1S/C15H21N3O4S/c1-11(19)12-3-7-14(8-4-12)18(23(2,21)22)10-9-16-15(20)17-13-5-6-13/h3-4,7-8,13H,5-6,9-10H2,1-2H3,(H2,16,17,20). The van der Waals surface area contributed by atoms with Gasteiger partial charge in [0.05, 0.1) is 18.5 Å². The lowest BCUT2D eigenvalue weighted by Gasteiger charge is -2.22. The Morgan fingerprint density at radius 2 is 1.83 bits per heavy atom. The molecule has 1 fully saturated rings. The highest BCUT2D eigenvalue weighted by atomic mass is 32.2. The third-order valence-electron chi connectivity index (χ3n) is 3.48. The maximum Gasteiger partial charge on any atom is 0.315 e. The molecule has 0 unspecified atom stereocenters.